The lowest BCUT2D eigenvalue weighted by Crippen LogP contribution is -2.42. The van der Waals surface area contributed by atoms with E-state index in [2.05, 4.69) is 10.3 Å². The molecule has 12 heavy (non-hydrogen) atoms. The number of nitrogens with zero attached hydrogens (tertiary/aromatic N) is 1. The maximum Gasteiger partial charge on any atom is 0.260 e. The van der Waals surface area contributed by atoms with Crippen LogP contribution in [0.25, 0.3) is 0 Å². The molecule has 0 spiro atoms. The lowest BCUT2D eigenvalue weighted by molar-refractivity contribution is -0.133. The molecule has 2 amide bonds. The number of nitrogens with one attached hydrogen (secondary N) is 1. The van der Waals surface area contributed by atoms with Crippen LogP contribution in [0.1, 0.15) is 13.3 Å². The molecule has 1 atom stereocenters. The van der Waals surface area contributed by atoms with E-state index in [1.54, 1.807) is 13.2 Å². The molecule has 4 nitrogen and oxygen atoms in total. The van der Waals surface area contributed by atoms with E-state index in [0.717, 1.165) is 0 Å². The van der Waals surface area contributed by atoms with Gasteiger partial charge in [0.15, 0.2) is 5.17 Å². The van der Waals surface area contributed by atoms with Gasteiger partial charge in [0.25, 0.3) is 5.91 Å². The second-order valence-electron chi connectivity index (χ2n) is 2.41. The van der Waals surface area contributed by atoms with Crippen LogP contribution in [0, 0.1) is 5.92 Å². The van der Waals surface area contributed by atoms with Crippen LogP contribution in [-0.4, -0.2) is 23.2 Å². The first kappa shape index (κ1) is 9.25. The molecule has 0 saturated carbocycles. The summed E-state index contributed by atoms with van der Waals surface area (Å²) in [6.45, 7) is 1.79. The Morgan fingerprint density at radius 3 is 2.67 bits per heavy atom. The maximum absolute atomic E-state index is 11.2. The fourth-order valence-electron chi connectivity index (χ4n) is 0.967. The molecule has 0 aromatic heterocycles. The third kappa shape index (κ3) is 1.66. The molecule has 66 valence electrons. The molecule has 1 aliphatic rings. The normalized spacial score (nSPS) is 23.5. The van der Waals surface area contributed by atoms with Crippen molar-refractivity contribution >= 4 is 28.7 Å². The molecule has 0 radical (unpaired) electrons. The predicted molar refractivity (Wildman–Crippen MR) is 47.9 cm³/mol. The molecule has 0 bridgehead atoms. The van der Waals surface area contributed by atoms with E-state index in [1.165, 1.54) is 11.8 Å². The molecular weight excluding hydrogens is 176 g/mol. The summed E-state index contributed by atoms with van der Waals surface area (Å²) in [5.41, 5.74) is 0. The molecule has 1 aliphatic heterocycles. The summed E-state index contributed by atoms with van der Waals surface area (Å²) in [6.07, 6.45) is 2.27. The minimum absolute atomic E-state index is 0.234. The summed E-state index contributed by atoms with van der Waals surface area (Å²) in [6, 6.07) is 0. The molecule has 0 aromatic rings. The molecule has 1 N–H and O–H groups in total. The minimum atomic E-state index is -0.583. The number of amides is 2. The van der Waals surface area contributed by atoms with Gasteiger partial charge in [0.05, 0.1) is 0 Å². The Kier molecular flexibility index (Phi) is 2.86. The van der Waals surface area contributed by atoms with Gasteiger partial charge in [0.1, 0.15) is 5.92 Å². The fourth-order valence-corrected chi connectivity index (χ4v) is 1.35. The van der Waals surface area contributed by atoms with Crippen molar-refractivity contribution in [1.82, 2.24) is 5.32 Å². The zero-order chi connectivity index (χ0) is 9.14. The van der Waals surface area contributed by atoms with Crippen LogP contribution in [0.5, 0.6) is 0 Å². The van der Waals surface area contributed by atoms with Gasteiger partial charge in [-0.3, -0.25) is 9.59 Å². The van der Waals surface area contributed by atoms with Crippen LogP contribution in [0.4, 0.5) is 0 Å². The smallest absolute Gasteiger partial charge is 0.260 e. The van der Waals surface area contributed by atoms with Gasteiger partial charge < -0.3 is 5.32 Å². The average molecular weight is 186 g/mol. The molecule has 1 rings (SSSR count). The average Bonchev–Trinajstić information content (AvgIpc) is 2.03. The quantitative estimate of drug-likeness (QED) is 0.602. The van der Waals surface area contributed by atoms with Gasteiger partial charge in [-0.2, -0.15) is 4.99 Å². The highest BCUT2D eigenvalue weighted by Crippen LogP contribution is 2.12. The number of carbonyl (C=O) groups is 2. The molecule has 0 aromatic carbocycles. The number of hydrogen-bond donors (Lipinski definition) is 1. The maximum atomic E-state index is 11.2. The molecule has 0 saturated heterocycles. The van der Waals surface area contributed by atoms with E-state index in [9.17, 15) is 9.59 Å². The van der Waals surface area contributed by atoms with Crippen LogP contribution in [-0.2, 0) is 9.59 Å². The monoisotopic (exact) mass is 186 g/mol. The zero-order valence-electron chi connectivity index (χ0n) is 6.96. The number of hydrogen-bond acceptors (Lipinski definition) is 3. The van der Waals surface area contributed by atoms with Crippen molar-refractivity contribution in [3.8, 4) is 0 Å². The Morgan fingerprint density at radius 2 is 2.25 bits per heavy atom. The van der Waals surface area contributed by atoms with E-state index in [1.807, 2.05) is 0 Å². The van der Waals surface area contributed by atoms with Gasteiger partial charge in [-0.05, 0) is 12.7 Å². The third-order valence-corrected chi connectivity index (χ3v) is 2.24. The predicted octanol–water partition coefficient (Wildman–Crippen LogP) is 0.388. The van der Waals surface area contributed by atoms with Crippen LogP contribution < -0.4 is 5.32 Å². The Labute approximate surface area is 74.8 Å². The third-order valence-electron chi connectivity index (χ3n) is 1.66. The van der Waals surface area contributed by atoms with Gasteiger partial charge in [0, 0.05) is 0 Å². The summed E-state index contributed by atoms with van der Waals surface area (Å²) in [5, 5.41) is 2.95. The molecule has 0 fully saturated rings. The number of amidine groups is 1. The Balaban J connectivity index is 2.83. The highest BCUT2D eigenvalue weighted by Gasteiger charge is 2.29. The van der Waals surface area contributed by atoms with Crippen molar-refractivity contribution in [3.63, 3.8) is 0 Å². The number of rotatable bonds is 1. The van der Waals surface area contributed by atoms with E-state index >= 15 is 0 Å². The summed E-state index contributed by atoms with van der Waals surface area (Å²) < 4.78 is 0. The summed E-state index contributed by atoms with van der Waals surface area (Å²) in [5.74, 6) is -1.15. The molecule has 1 heterocycles. The van der Waals surface area contributed by atoms with Gasteiger partial charge in [-0.15, -0.1) is 0 Å². The van der Waals surface area contributed by atoms with Crippen LogP contribution in [0.3, 0.4) is 0 Å². The molecule has 0 aliphatic carbocycles. The Bertz CT molecular complexity index is 250. The van der Waals surface area contributed by atoms with Crippen LogP contribution in [0.15, 0.2) is 4.99 Å². The molecule has 5 heteroatoms. The molecule has 1 unspecified atom stereocenters. The van der Waals surface area contributed by atoms with E-state index < -0.39 is 5.92 Å². The van der Waals surface area contributed by atoms with Crippen LogP contribution in [0.2, 0.25) is 0 Å². The summed E-state index contributed by atoms with van der Waals surface area (Å²) in [7, 11) is 0. The fraction of sp³-hybridized carbons (Fsp3) is 0.571. The number of thioether (sulfide) groups is 1. The highest BCUT2D eigenvalue weighted by molar-refractivity contribution is 8.13. The van der Waals surface area contributed by atoms with E-state index in [-0.39, 0.29) is 11.8 Å². The Hall–Kier alpha value is -0.840. The first-order valence-corrected chi connectivity index (χ1v) is 4.89. The second kappa shape index (κ2) is 3.71. The minimum Gasteiger partial charge on any atom is -0.304 e. The van der Waals surface area contributed by atoms with E-state index in [0.29, 0.717) is 11.6 Å². The van der Waals surface area contributed by atoms with Crippen molar-refractivity contribution < 1.29 is 9.59 Å². The standard InChI is InChI=1S/C7H10N2O2S/c1-3-4-5(10)8-7(12-2)9-6(4)11/h4H,3H2,1-2H3,(H,8,9,10,11). The lowest BCUT2D eigenvalue weighted by Gasteiger charge is -2.16. The van der Waals surface area contributed by atoms with Gasteiger partial charge in [-0.1, -0.05) is 18.7 Å². The Morgan fingerprint density at radius 1 is 1.58 bits per heavy atom. The van der Waals surface area contributed by atoms with E-state index in [4.69, 9.17) is 0 Å². The van der Waals surface area contributed by atoms with Gasteiger partial charge in [-0.25, -0.2) is 0 Å². The first-order chi connectivity index (χ1) is 5.69. The van der Waals surface area contributed by atoms with Gasteiger partial charge in [0.2, 0.25) is 5.91 Å². The number of aliphatic imine (C=N–C) groups is 1. The van der Waals surface area contributed by atoms with Crippen molar-refractivity contribution in [2.24, 2.45) is 10.9 Å². The lowest BCUT2D eigenvalue weighted by atomic mass is 10.0. The SMILES string of the molecule is CCC1C(=O)N=C(SC)NC1=O. The largest absolute Gasteiger partial charge is 0.304 e. The highest BCUT2D eigenvalue weighted by atomic mass is 32.2. The van der Waals surface area contributed by atoms with Crippen molar-refractivity contribution in [3.05, 3.63) is 0 Å². The topological polar surface area (TPSA) is 58.5 Å². The van der Waals surface area contributed by atoms with Crippen LogP contribution >= 0.6 is 11.8 Å². The van der Waals surface area contributed by atoms with Crippen molar-refractivity contribution in [1.29, 1.82) is 0 Å². The second-order valence-corrected chi connectivity index (χ2v) is 3.20. The van der Waals surface area contributed by atoms with Gasteiger partial charge >= 0.3 is 0 Å². The summed E-state index contributed by atoms with van der Waals surface area (Å²) >= 11 is 1.26. The molecular formula is C7H10N2O2S. The zero-order valence-corrected chi connectivity index (χ0v) is 7.77. The first-order valence-electron chi connectivity index (χ1n) is 3.66. The van der Waals surface area contributed by atoms with Crippen molar-refractivity contribution in [2.75, 3.05) is 6.26 Å². The summed E-state index contributed by atoms with van der Waals surface area (Å²) in [4.78, 5) is 26.0. The number of carbonyl (C=O) groups excluding carboxylic acids is 2. The van der Waals surface area contributed by atoms with Crippen molar-refractivity contribution in [2.45, 2.75) is 13.3 Å².